The fourth-order valence-electron chi connectivity index (χ4n) is 1.60. The molecule has 1 fully saturated rings. The van der Waals surface area contributed by atoms with Crippen LogP contribution in [-0.2, 0) is 6.54 Å². The molecule has 3 heteroatoms. The molecule has 0 saturated heterocycles. The quantitative estimate of drug-likeness (QED) is 0.801. The van der Waals surface area contributed by atoms with Gasteiger partial charge in [0.05, 0.1) is 6.10 Å². The molecular formula is C11H14ClNO. The summed E-state index contributed by atoms with van der Waals surface area (Å²) in [5.74, 6) is 0. The van der Waals surface area contributed by atoms with Crippen molar-refractivity contribution in [2.75, 3.05) is 0 Å². The highest BCUT2D eigenvalue weighted by Crippen LogP contribution is 2.21. The maximum Gasteiger partial charge on any atom is 0.0693 e. The SMILES string of the molecule is O[C@@H]1CC[C@H]1NCc1ccccc1Cl. The molecule has 2 atom stereocenters. The largest absolute Gasteiger partial charge is 0.392 e. The van der Waals surface area contributed by atoms with Crippen molar-refractivity contribution in [3.8, 4) is 0 Å². The lowest BCUT2D eigenvalue weighted by molar-refractivity contribution is 0.0493. The van der Waals surface area contributed by atoms with E-state index in [1.54, 1.807) is 0 Å². The maximum atomic E-state index is 9.36. The highest BCUT2D eigenvalue weighted by atomic mass is 35.5. The Morgan fingerprint density at radius 3 is 2.71 bits per heavy atom. The molecule has 0 spiro atoms. The van der Waals surface area contributed by atoms with E-state index >= 15 is 0 Å². The summed E-state index contributed by atoms with van der Waals surface area (Å²) in [7, 11) is 0. The zero-order valence-electron chi connectivity index (χ0n) is 7.91. The van der Waals surface area contributed by atoms with Crippen molar-refractivity contribution in [2.24, 2.45) is 0 Å². The van der Waals surface area contributed by atoms with E-state index in [-0.39, 0.29) is 12.1 Å². The van der Waals surface area contributed by atoms with Crippen LogP contribution in [0.3, 0.4) is 0 Å². The minimum atomic E-state index is -0.169. The van der Waals surface area contributed by atoms with Gasteiger partial charge in [-0.1, -0.05) is 29.8 Å². The number of halogens is 1. The van der Waals surface area contributed by atoms with Crippen LogP contribution in [0, 0.1) is 0 Å². The van der Waals surface area contributed by atoms with Gasteiger partial charge in [0.15, 0.2) is 0 Å². The van der Waals surface area contributed by atoms with E-state index in [0.717, 1.165) is 30.0 Å². The molecule has 0 heterocycles. The van der Waals surface area contributed by atoms with Crippen molar-refractivity contribution in [3.05, 3.63) is 34.9 Å². The molecule has 0 radical (unpaired) electrons. The van der Waals surface area contributed by atoms with Crippen LogP contribution in [0.4, 0.5) is 0 Å². The third kappa shape index (κ3) is 2.08. The summed E-state index contributed by atoms with van der Waals surface area (Å²) in [5.41, 5.74) is 1.09. The van der Waals surface area contributed by atoms with Gasteiger partial charge >= 0.3 is 0 Å². The fourth-order valence-corrected chi connectivity index (χ4v) is 1.81. The Morgan fingerprint density at radius 2 is 2.14 bits per heavy atom. The minimum absolute atomic E-state index is 0.169. The first kappa shape index (κ1) is 9.97. The first-order chi connectivity index (χ1) is 6.77. The Hall–Kier alpha value is -0.570. The monoisotopic (exact) mass is 211 g/mol. The number of aliphatic hydroxyl groups excluding tert-OH is 1. The standard InChI is InChI=1S/C11H14ClNO/c12-9-4-2-1-3-8(9)7-13-10-5-6-11(10)14/h1-4,10-11,13-14H,5-7H2/t10-,11-/m1/s1. The van der Waals surface area contributed by atoms with Gasteiger partial charge in [-0.05, 0) is 24.5 Å². The number of hydrogen-bond donors (Lipinski definition) is 2. The minimum Gasteiger partial charge on any atom is -0.392 e. The van der Waals surface area contributed by atoms with Gasteiger partial charge in [-0.2, -0.15) is 0 Å². The van der Waals surface area contributed by atoms with Crippen LogP contribution >= 0.6 is 11.6 Å². The van der Waals surface area contributed by atoms with Gasteiger partial charge in [0.2, 0.25) is 0 Å². The topological polar surface area (TPSA) is 32.3 Å². The fraction of sp³-hybridized carbons (Fsp3) is 0.455. The highest BCUT2D eigenvalue weighted by molar-refractivity contribution is 6.31. The molecule has 1 aliphatic rings. The van der Waals surface area contributed by atoms with Crippen LogP contribution in [0.1, 0.15) is 18.4 Å². The van der Waals surface area contributed by atoms with Crippen LogP contribution in [-0.4, -0.2) is 17.3 Å². The van der Waals surface area contributed by atoms with Gasteiger partial charge in [0, 0.05) is 17.6 Å². The molecule has 0 amide bonds. The van der Waals surface area contributed by atoms with Crippen molar-refractivity contribution in [3.63, 3.8) is 0 Å². The summed E-state index contributed by atoms with van der Waals surface area (Å²) < 4.78 is 0. The van der Waals surface area contributed by atoms with Gasteiger partial charge in [-0.25, -0.2) is 0 Å². The van der Waals surface area contributed by atoms with Crippen molar-refractivity contribution in [2.45, 2.75) is 31.5 Å². The molecule has 1 aliphatic carbocycles. The Labute approximate surface area is 88.9 Å². The summed E-state index contributed by atoms with van der Waals surface area (Å²) in [5, 5.41) is 13.4. The van der Waals surface area contributed by atoms with E-state index < -0.39 is 0 Å². The third-order valence-electron chi connectivity index (χ3n) is 2.75. The molecule has 2 rings (SSSR count). The van der Waals surface area contributed by atoms with Gasteiger partial charge < -0.3 is 10.4 Å². The second kappa shape index (κ2) is 4.30. The number of benzene rings is 1. The van der Waals surface area contributed by atoms with Crippen LogP contribution in [0.25, 0.3) is 0 Å². The molecular weight excluding hydrogens is 198 g/mol. The molecule has 0 aliphatic heterocycles. The zero-order valence-corrected chi connectivity index (χ0v) is 8.67. The summed E-state index contributed by atoms with van der Waals surface area (Å²) in [6.07, 6.45) is 1.81. The molecule has 0 unspecified atom stereocenters. The number of rotatable bonds is 3. The number of aliphatic hydroxyl groups is 1. The van der Waals surface area contributed by atoms with Crippen molar-refractivity contribution in [1.29, 1.82) is 0 Å². The summed E-state index contributed by atoms with van der Waals surface area (Å²) >= 11 is 6.00. The van der Waals surface area contributed by atoms with E-state index in [1.165, 1.54) is 0 Å². The predicted molar refractivity (Wildman–Crippen MR) is 57.3 cm³/mol. The molecule has 1 saturated carbocycles. The predicted octanol–water partition coefficient (Wildman–Crippen LogP) is 1.95. The second-order valence-corrected chi connectivity index (χ2v) is 4.13. The maximum absolute atomic E-state index is 9.36. The lowest BCUT2D eigenvalue weighted by Gasteiger charge is -2.33. The zero-order chi connectivity index (χ0) is 9.97. The van der Waals surface area contributed by atoms with Crippen LogP contribution in [0.5, 0.6) is 0 Å². The molecule has 1 aromatic rings. The van der Waals surface area contributed by atoms with Gasteiger partial charge in [0.25, 0.3) is 0 Å². The average molecular weight is 212 g/mol. The van der Waals surface area contributed by atoms with Crippen LogP contribution < -0.4 is 5.32 Å². The summed E-state index contributed by atoms with van der Waals surface area (Å²) in [6.45, 7) is 0.738. The van der Waals surface area contributed by atoms with E-state index in [4.69, 9.17) is 11.6 Å². The Bertz CT molecular complexity index is 316. The van der Waals surface area contributed by atoms with Gasteiger partial charge in [-0.15, -0.1) is 0 Å². The van der Waals surface area contributed by atoms with E-state index in [2.05, 4.69) is 5.32 Å². The smallest absolute Gasteiger partial charge is 0.0693 e. The first-order valence-electron chi connectivity index (χ1n) is 4.92. The molecule has 76 valence electrons. The van der Waals surface area contributed by atoms with Crippen molar-refractivity contribution >= 4 is 11.6 Å². The van der Waals surface area contributed by atoms with Gasteiger partial charge in [-0.3, -0.25) is 0 Å². The highest BCUT2D eigenvalue weighted by Gasteiger charge is 2.27. The molecule has 14 heavy (non-hydrogen) atoms. The molecule has 2 nitrogen and oxygen atoms in total. The van der Waals surface area contributed by atoms with Crippen LogP contribution in [0.2, 0.25) is 5.02 Å². The van der Waals surface area contributed by atoms with Crippen LogP contribution in [0.15, 0.2) is 24.3 Å². The van der Waals surface area contributed by atoms with E-state index in [9.17, 15) is 5.11 Å². The molecule has 2 N–H and O–H groups in total. The Morgan fingerprint density at radius 1 is 1.36 bits per heavy atom. The Kier molecular flexibility index (Phi) is 3.06. The Balaban J connectivity index is 1.88. The van der Waals surface area contributed by atoms with E-state index in [1.807, 2.05) is 24.3 Å². The first-order valence-corrected chi connectivity index (χ1v) is 5.30. The summed E-state index contributed by atoms with van der Waals surface area (Å²) in [6, 6.07) is 8.03. The average Bonchev–Trinajstić information content (AvgIpc) is 2.19. The van der Waals surface area contributed by atoms with E-state index in [0.29, 0.717) is 0 Å². The molecule has 0 bridgehead atoms. The molecule has 1 aromatic carbocycles. The third-order valence-corrected chi connectivity index (χ3v) is 3.12. The normalized spacial score (nSPS) is 25.9. The van der Waals surface area contributed by atoms with Crippen molar-refractivity contribution < 1.29 is 5.11 Å². The summed E-state index contributed by atoms with van der Waals surface area (Å²) in [4.78, 5) is 0. The van der Waals surface area contributed by atoms with Gasteiger partial charge in [0.1, 0.15) is 0 Å². The molecule has 0 aromatic heterocycles. The van der Waals surface area contributed by atoms with Crippen molar-refractivity contribution in [1.82, 2.24) is 5.32 Å². The lowest BCUT2D eigenvalue weighted by Crippen LogP contribution is -2.47. The second-order valence-electron chi connectivity index (χ2n) is 3.72. The number of hydrogen-bond acceptors (Lipinski definition) is 2. The lowest BCUT2D eigenvalue weighted by atomic mass is 9.89. The number of nitrogens with one attached hydrogen (secondary N) is 1.